The molecule has 6 heteroatoms. The number of nitrogens with zero attached hydrogens (tertiary/aromatic N) is 2. The maximum Gasteiger partial charge on any atom is 0.267 e. The van der Waals surface area contributed by atoms with E-state index in [1.165, 1.54) is 12.3 Å². The average Bonchev–Trinajstić information content (AvgIpc) is 3.02. The highest BCUT2D eigenvalue weighted by atomic mass is 16.1. The number of carbonyl (C=O) groups is 2. The number of nitrogens with two attached hydrogens (primary N) is 1. The lowest BCUT2D eigenvalue weighted by atomic mass is 10.2. The fraction of sp³-hybridized carbons (Fsp3) is 0.462. The van der Waals surface area contributed by atoms with Gasteiger partial charge in [0, 0.05) is 0 Å². The lowest BCUT2D eigenvalue weighted by Gasteiger charge is -2.16. The number of amides is 1. The lowest BCUT2D eigenvalue weighted by Crippen LogP contribution is -2.28. The van der Waals surface area contributed by atoms with E-state index < -0.39 is 5.91 Å². The maximum absolute atomic E-state index is 12.1. The molecule has 1 saturated heterocycles. The molecule has 1 aliphatic heterocycles. The summed E-state index contributed by atoms with van der Waals surface area (Å²) in [5.74, 6) is -0.513. The average molecular weight is 262 g/mol. The van der Waals surface area contributed by atoms with Gasteiger partial charge in [-0.1, -0.05) is 13.0 Å². The van der Waals surface area contributed by atoms with Crippen molar-refractivity contribution in [2.24, 2.45) is 5.73 Å². The van der Waals surface area contributed by atoms with Crippen molar-refractivity contribution in [1.29, 1.82) is 0 Å². The number of carbonyl (C=O) groups excluding carboxylic acids is 2. The first-order chi connectivity index (χ1) is 9.15. The van der Waals surface area contributed by atoms with E-state index in [9.17, 15) is 9.59 Å². The Hall–Kier alpha value is -1.95. The van der Waals surface area contributed by atoms with Crippen molar-refractivity contribution >= 4 is 11.7 Å². The third-order valence-electron chi connectivity index (χ3n) is 3.12. The minimum Gasteiger partial charge on any atom is -0.364 e. The Balaban J connectivity index is 2.40. The van der Waals surface area contributed by atoms with Crippen LogP contribution in [0.25, 0.3) is 0 Å². The monoisotopic (exact) mass is 262 g/mol. The van der Waals surface area contributed by atoms with Crippen LogP contribution in [0.4, 0.5) is 0 Å². The second-order valence-electron chi connectivity index (χ2n) is 4.49. The van der Waals surface area contributed by atoms with Crippen LogP contribution in [0.1, 0.15) is 53.5 Å². The van der Waals surface area contributed by atoms with Crippen LogP contribution in [0, 0.1) is 0 Å². The minimum atomic E-state index is -0.570. The van der Waals surface area contributed by atoms with Crippen molar-refractivity contribution in [2.75, 3.05) is 6.54 Å². The van der Waals surface area contributed by atoms with Gasteiger partial charge in [-0.05, 0) is 31.9 Å². The largest absolute Gasteiger partial charge is 0.364 e. The molecule has 6 nitrogen and oxygen atoms in total. The highest BCUT2D eigenvalue weighted by Gasteiger charge is 2.26. The Kier molecular flexibility index (Phi) is 4.11. The second kappa shape index (κ2) is 5.79. The van der Waals surface area contributed by atoms with Crippen LogP contribution >= 0.6 is 0 Å². The second-order valence-corrected chi connectivity index (χ2v) is 4.49. The minimum absolute atomic E-state index is 0.0843. The summed E-state index contributed by atoms with van der Waals surface area (Å²) in [7, 11) is 0. The van der Waals surface area contributed by atoms with Gasteiger partial charge < -0.3 is 10.3 Å². The number of allylic oxidation sites excluding steroid dienone is 2. The molecule has 1 aromatic heterocycles. The molecular formula is C13H18N4O2. The zero-order valence-electron chi connectivity index (χ0n) is 10.9. The molecule has 1 aromatic rings. The predicted molar refractivity (Wildman–Crippen MR) is 70.8 cm³/mol. The van der Waals surface area contributed by atoms with E-state index in [0.29, 0.717) is 0 Å². The topological polar surface area (TPSA) is 90.0 Å². The number of hydrogen-bond acceptors (Lipinski definition) is 4. The number of imidazole rings is 1. The number of hydrogen-bond donors (Lipinski definition) is 2. The number of rotatable bonds is 5. The molecule has 2 heterocycles. The molecule has 3 N–H and O–H groups in total. The van der Waals surface area contributed by atoms with Gasteiger partial charge in [0.15, 0.2) is 5.82 Å². The molecule has 1 fully saturated rings. The van der Waals surface area contributed by atoms with E-state index in [1.54, 1.807) is 10.6 Å². The molecule has 0 bridgehead atoms. The zero-order chi connectivity index (χ0) is 13.8. The molecule has 2 rings (SSSR count). The smallest absolute Gasteiger partial charge is 0.267 e. The van der Waals surface area contributed by atoms with Crippen LogP contribution in [0.2, 0.25) is 0 Å². The molecule has 0 aliphatic carbocycles. The summed E-state index contributed by atoms with van der Waals surface area (Å²) < 4.78 is 1.62. The van der Waals surface area contributed by atoms with Crippen molar-refractivity contribution in [3.8, 4) is 0 Å². The molecule has 1 atom stereocenters. The number of primary amides is 1. The Morgan fingerprint density at radius 3 is 3.00 bits per heavy atom. The van der Waals surface area contributed by atoms with E-state index in [2.05, 4.69) is 10.3 Å². The summed E-state index contributed by atoms with van der Waals surface area (Å²) in [6.07, 6.45) is 7.17. The zero-order valence-corrected chi connectivity index (χ0v) is 10.9. The van der Waals surface area contributed by atoms with Gasteiger partial charge in [-0.15, -0.1) is 0 Å². The van der Waals surface area contributed by atoms with Gasteiger partial charge >= 0.3 is 0 Å². The first-order valence-electron chi connectivity index (χ1n) is 6.46. The highest BCUT2D eigenvalue weighted by molar-refractivity contribution is 6.03. The van der Waals surface area contributed by atoms with Crippen molar-refractivity contribution in [3.63, 3.8) is 0 Å². The molecule has 0 saturated carbocycles. The lowest BCUT2D eigenvalue weighted by molar-refractivity contribution is 0.0987. The van der Waals surface area contributed by atoms with E-state index in [-0.39, 0.29) is 23.5 Å². The fourth-order valence-corrected chi connectivity index (χ4v) is 2.23. The highest BCUT2D eigenvalue weighted by Crippen LogP contribution is 2.21. The number of ketones is 1. The predicted octanol–water partition coefficient (Wildman–Crippen LogP) is 1.01. The number of aromatic nitrogens is 2. The standard InChI is InChI=1S/C13H18N4O2/c1-2-3-5-10(18)13-16-8-9(12(14)19)17(13)11-6-4-7-15-11/h3,5,8,11,15H,2,4,6-7H2,1H3,(H2,14,19). The Labute approximate surface area is 111 Å². The summed E-state index contributed by atoms with van der Waals surface area (Å²) in [4.78, 5) is 27.6. The summed E-state index contributed by atoms with van der Waals surface area (Å²) in [6.45, 7) is 2.81. The maximum atomic E-state index is 12.1. The Morgan fingerprint density at radius 2 is 2.42 bits per heavy atom. The molecule has 1 amide bonds. The van der Waals surface area contributed by atoms with Crippen molar-refractivity contribution < 1.29 is 9.59 Å². The third-order valence-corrected chi connectivity index (χ3v) is 3.12. The Morgan fingerprint density at radius 1 is 1.63 bits per heavy atom. The normalized spacial score (nSPS) is 19.1. The van der Waals surface area contributed by atoms with E-state index in [4.69, 9.17) is 5.73 Å². The number of nitrogens with one attached hydrogen (secondary N) is 1. The van der Waals surface area contributed by atoms with E-state index >= 15 is 0 Å². The molecule has 1 aliphatic rings. The van der Waals surface area contributed by atoms with Crippen LogP contribution in [-0.2, 0) is 0 Å². The molecule has 19 heavy (non-hydrogen) atoms. The molecule has 1 unspecified atom stereocenters. The van der Waals surface area contributed by atoms with E-state index in [0.717, 1.165) is 25.8 Å². The SMILES string of the molecule is CCC=CC(=O)c1ncc(C(N)=O)n1C1CCCN1. The Bertz CT molecular complexity index is 513. The first kappa shape index (κ1) is 13.5. The fourth-order valence-electron chi connectivity index (χ4n) is 2.23. The summed E-state index contributed by atoms with van der Waals surface area (Å²) in [5, 5.41) is 3.24. The van der Waals surface area contributed by atoms with Crippen LogP contribution in [-0.4, -0.2) is 27.8 Å². The van der Waals surface area contributed by atoms with Crippen LogP contribution < -0.4 is 11.1 Å². The van der Waals surface area contributed by atoms with Crippen LogP contribution in [0.3, 0.4) is 0 Å². The molecule has 0 spiro atoms. The van der Waals surface area contributed by atoms with Gasteiger partial charge in [0.05, 0.1) is 12.4 Å². The molecule has 102 valence electrons. The van der Waals surface area contributed by atoms with Crippen molar-refractivity contribution in [1.82, 2.24) is 14.9 Å². The van der Waals surface area contributed by atoms with Gasteiger partial charge in [0.25, 0.3) is 5.91 Å². The summed E-state index contributed by atoms with van der Waals surface area (Å²) in [6, 6.07) is 0. The van der Waals surface area contributed by atoms with Gasteiger partial charge in [-0.25, -0.2) is 4.98 Å². The summed E-state index contributed by atoms with van der Waals surface area (Å²) >= 11 is 0. The van der Waals surface area contributed by atoms with Gasteiger partial charge in [-0.3, -0.25) is 14.9 Å². The molecule has 0 radical (unpaired) electrons. The van der Waals surface area contributed by atoms with Crippen LogP contribution in [0.15, 0.2) is 18.3 Å². The first-order valence-corrected chi connectivity index (χ1v) is 6.46. The third kappa shape index (κ3) is 2.73. The summed E-state index contributed by atoms with van der Waals surface area (Å²) in [5.41, 5.74) is 5.61. The molecular weight excluding hydrogens is 244 g/mol. The van der Waals surface area contributed by atoms with Crippen LogP contribution in [0.5, 0.6) is 0 Å². The quantitative estimate of drug-likeness (QED) is 0.612. The van der Waals surface area contributed by atoms with Crippen molar-refractivity contribution in [2.45, 2.75) is 32.4 Å². The van der Waals surface area contributed by atoms with Crippen molar-refractivity contribution in [3.05, 3.63) is 29.9 Å². The van der Waals surface area contributed by atoms with Gasteiger partial charge in [0.1, 0.15) is 5.69 Å². The van der Waals surface area contributed by atoms with Gasteiger partial charge in [-0.2, -0.15) is 0 Å². The van der Waals surface area contributed by atoms with Gasteiger partial charge in [0.2, 0.25) is 5.78 Å². The molecule has 0 aromatic carbocycles. The van der Waals surface area contributed by atoms with E-state index in [1.807, 2.05) is 6.92 Å².